The van der Waals surface area contributed by atoms with Gasteiger partial charge in [-0.2, -0.15) is 0 Å². The van der Waals surface area contributed by atoms with E-state index in [2.05, 4.69) is 24.1 Å². The van der Waals surface area contributed by atoms with Gasteiger partial charge < -0.3 is 10.1 Å². The molecule has 1 aliphatic rings. The minimum Gasteiger partial charge on any atom is -0.378 e. The van der Waals surface area contributed by atoms with E-state index < -0.39 is 0 Å². The van der Waals surface area contributed by atoms with Gasteiger partial charge >= 0.3 is 0 Å². The average Bonchev–Trinajstić information content (AvgIpc) is 2.08. The lowest BCUT2D eigenvalue weighted by molar-refractivity contribution is -0.0510. The molecule has 0 atom stereocenters. The maximum atomic E-state index is 5.46. The number of nitrogens with one attached hydrogen (secondary N) is 1. The summed E-state index contributed by atoms with van der Waals surface area (Å²) in [5.41, 5.74) is 0.228. The average molecular weight is 186 g/mol. The summed E-state index contributed by atoms with van der Waals surface area (Å²) in [6, 6.07) is 0. The van der Waals surface area contributed by atoms with Crippen LogP contribution in [-0.2, 0) is 4.74 Å². The minimum absolute atomic E-state index is 0.228. The lowest BCUT2D eigenvalue weighted by atomic mass is 10.0. The summed E-state index contributed by atoms with van der Waals surface area (Å²) >= 11 is 0. The molecular weight excluding hydrogens is 164 g/mol. The van der Waals surface area contributed by atoms with Gasteiger partial charge in [0.05, 0.1) is 13.2 Å². The van der Waals surface area contributed by atoms with Crippen LogP contribution >= 0.6 is 0 Å². The Morgan fingerprint density at radius 1 is 1.46 bits per heavy atom. The van der Waals surface area contributed by atoms with E-state index in [-0.39, 0.29) is 5.54 Å². The Hall–Kier alpha value is -0.120. The number of hydrogen-bond acceptors (Lipinski definition) is 3. The molecule has 1 fully saturated rings. The highest BCUT2D eigenvalue weighted by molar-refractivity contribution is 4.84. The first kappa shape index (κ1) is 11.0. The predicted octanol–water partition coefficient (Wildman–Crippen LogP) is 0.707. The van der Waals surface area contributed by atoms with Crippen LogP contribution in [0.2, 0.25) is 0 Å². The molecule has 1 rings (SSSR count). The highest BCUT2D eigenvalue weighted by Gasteiger charge is 2.29. The normalized spacial score (nSPS) is 23.3. The summed E-state index contributed by atoms with van der Waals surface area (Å²) < 4.78 is 5.46. The molecule has 0 aliphatic carbocycles. The maximum Gasteiger partial charge on any atom is 0.0645 e. The van der Waals surface area contributed by atoms with Crippen LogP contribution in [0.25, 0.3) is 0 Å². The van der Waals surface area contributed by atoms with Crippen LogP contribution in [-0.4, -0.2) is 50.3 Å². The van der Waals surface area contributed by atoms with Gasteiger partial charge in [0.25, 0.3) is 0 Å². The van der Waals surface area contributed by atoms with Crippen LogP contribution in [0.3, 0.4) is 0 Å². The third-order valence-corrected chi connectivity index (χ3v) is 2.67. The van der Waals surface area contributed by atoms with E-state index >= 15 is 0 Å². The Balaban J connectivity index is 2.29. The van der Waals surface area contributed by atoms with Crippen LogP contribution in [0.15, 0.2) is 0 Å². The van der Waals surface area contributed by atoms with Crippen LogP contribution in [0.1, 0.15) is 20.3 Å². The van der Waals surface area contributed by atoms with Crippen LogP contribution < -0.4 is 5.32 Å². The maximum absolute atomic E-state index is 5.46. The van der Waals surface area contributed by atoms with Crippen molar-refractivity contribution in [1.29, 1.82) is 0 Å². The molecule has 0 radical (unpaired) electrons. The zero-order valence-electron chi connectivity index (χ0n) is 9.10. The zero-order valence-corrected chi connectivity index (χ0v) is 9.10. The van der Waals surface area contributed by atoms with Crippen molar-refractivity contribution in [3.8, 4) is 0 Å². The van der Waals surface area contributed by atoms with Gasteiger partial charge in [0.15, 0.2) is 0 Å². The lowest BCUT2D eigenvalue weighted by Crippen LogP contribution is -2.53. The SMILES string of the molecule is CNCCCN1CCOCC1(C)C. The van der Waals surface area contributed by atoms with Crippen molar-refractivity contribution in [3.63, 3.8) is 0 Å². The second kappa shape index (κ2) is 4.94. The molecule has 78 valence electrons. The molecule has 3 heteroatoms. The van der Waals surface area contributed by atoms with Gasteiger partial charge in [0.2, 0.25) is 0 Å². The minimum atomic E-state index is 0.228. The molecule has 0 amide bonds. The molecule has 13 heavy (non-hydrogen) atoms. The van der Waals surface area contributed by atoms with E-state index in [1.165, 1.54) is 13.0 Å². The Bertz CT molecular complexity index is 148. The summed E-state index contributed by atoms with van der Waals surface area (Å²) in [6.45, 7) is 9.63. The number of ether oxygens (including phenoxy) is 1. The molecule has 0 aromatic rings. The molecular formula is C10H22N2O. The van der Waals surface area contributed by atoms with E-state index in [4.69, 9.17) is 4.74 Å². The standard InChI is InChI=1S/C10H22N2O/c1-10(2)9-13-8-7-12(10)6-4-5-11-3/h11H,4-9H2,1-3H3. The Labute approximate surface area is 81.4 Å². The predicted molar refractivity (Wildman–Crippen MR) is 55.0 cm³/mol. The van der Waals surface area contributed by atoms with E-state index in [1.807, 2.05) is 7.05 Å². The second-order valence-electron chi connectivity index (χ2n) is 4.31. The quantitative estimate of drug-likeness (QED) is 0.654. The van der Waals surface area contributed by atoms with Crippen molar-refractivity contribution in [2.75, 3.05) is 39.9 Å². The molecule has 1 heterocycles. The Morgan fingerprint density at radius 3 is 2.85 bits per heavy atom. The summed E-state index contributed by atoms with van der Waals surface area (Å²) in [5, 5.41) is 3.18. The summed E-state index contributed by atoms with van der Waals surface area (Å²) in [6.07, 6.45) is 1.22. The molecule has 3 nitrogen and oxygen atoms in total. The van der Waals surface area contributed by atoms with E-state index in [0.717, 1.165) is 26.3 Å². The topological polar surface area (TPSA) is 24.5 Å². The molecule has 1 N–H and O–H groups in total. The second-order valence-corrected chi connectivity index (χ2v) is 4.31. The first-order chi connectivity index (χ1) is 6.17. The van der Waals surface area contributed by atoms with Crippen LogP contribution in [0, 0.1) is 0 Å². The molecule has 1 saturated heterocycles. The zero-order chi connectivity index (χ0) is 9.73. The van der Waals surface area contributed by atoms with Gasteiger partial charge in [-0.3, -0.25) is 4.90 Å². The van der Waals surface area contributed by atoms with E-state index in [9.17, 15) is 0 Å². The number of morpholine rings is 1. The largest absolute Gasteiger partial charge is 0.378 e. The molecule has 0 aromatic heterocycles. The molecule has 0 aromatic carbocycles. The third kappa shape index (κ3) is 3.25. The number of nitrogens with zero attached hydrogens (tertiary/aromatic N) is 1. The highest BCUT2D eigenvalue weighted by Crippen LogP contribution is 2.18. The monoisotopic (exact) mass is 186 g/mol. The van der Waals surface area contributed by atoms with Gasteiger partial charge in [-0.1, -0.05) is 0 Å². The smallest absolute Gasteiger partial charge is 0.0645 e. The van der Waals surface area contributed by atoms with Gasteiger partial charge in [-0.25, -0.2) is 0 Å². The summed E-state index contributed by atoms with van der Waals surface area (Å²) in [4.78, 5) is 2.52. The van der Waals surface area contributed by atoms with Crippen molar-refractivity contribution in [3.05, 3.63) is 0 Å². The van der Waals surface area contributed by atoms with Crippen molar-refractivity contribution >= 4 is 0 Å². The van der Waals surface area contributed by atoms with E-state index in [0.29, 0.717) is 0 Å². The lowest BCUT2D eigenvalue weighted by Gasteiger charge is -2.42. The van der Waals surface area contributed by atoms with Crippen molar-refractivity contribution in [2.45, 2.75) is 25.8 Å². The van der Waals surface area contributed by atoms with Gasteiger partial charge in [0.1, 0.15) is 0 Å². The van der Waals surface area contributed by atoms with Crippen LogP contribution in [0.4, 0.5) is 0 Å². The van der Waals surface area contributed by atoms with Crippen molar-refractivity contribution in [2.24, 2.45) is 0 Å². The molecule has 0 bridgehead atoms. The first-order valence-corrected chi connectivity index (χ1v) is 5.14. The molecule has 0 spiro atoms. The van der Waals surface area contributed by atoms with Crippen molar-refractivity contribution < 1.29 is 4.74 Å². The van der Waals surface area contributed by atoms with Crippen molar-refractivity contribution in [1.82, 2.24) is 10.2 Å². The highest BCUT2D eigenvalue weighted by atomic mass is 16.5. The fourth-order valence-electron chi connectivity index (χ4n) is 1.75. The number of rotatable bonds is 4. The molecule has 0 saturated carbocycles. The van der Waals surface area contributed by atoms with Gasteiger partial charge in [-0.15, -0.1) is 0 Å². The van der Waals surface area contributed by atoms with E-state index in [1.54, 1.807) is 0 Å². The Morgan fingerprint density at radius 2 is 2.23 bits per heavy atom. The fraction of sp³-hybridized carbons (Fsp3) is 1.00. The van der Waals surface area contributed by atoms with Gasteiger partial charge in [-0.05, 0) is 33.9 Å². The van der Waals surface area contributed by atoms with Crippen LogP contribution in [0.5, 0.6) is 0 Å². The third-order valence-electron chi connectivity index (χ3n) is 2.67. The first-order valence-electron chi connectivity index (χ1n) is 5.14. The molecule has 0 unspecified atom stereocenters. The summed E-state index contributed by atoms with van der Waals surface area (Å²) in [7, 11) is 2.00. The summed E-state index contributed by atoms with van der Waals surface area (Å²) in [5.74, 6) is 0. The fourth-order valence-corrected chi connectivity index (χ4v) is 1.75. The Kier molecular flexibility index (Phi) is 4.16. The number of hydrogen-bond donors (Lipinski definition) is 1. The van der Waals surface area contributed by atoms with Gasteiger partial charge in [0, 0.05) is 18.6 Å². The molecule has 1 aliphatic heterocycles.